The molecule has 1 aromatic rings. The molecule has 0 radical (unpaired) electrons. The number of aliphatic imine (C=N–C) groups is 1. The molecule has 1 aliphatic rings. The molecule has 2 rings (SSSR count). The Bertz CT molecular complexity index is 572. The lowest BCUT2D eigenvalue weighted by molar-refractivity contribution is 0.186. The van der Waals surface area contributed by atoms with E-state index in [1.165, 1.54) is 0 Å². The smallest absolute Gasteiger partial charge is 0.191 e. The van der Waals surface area contributed by atoms with E-state index in [2.05, 4.69) is 27.1 Å². The van der Waals surface area contributed by atoms with E-state index in [1.54, 1.807) is 7.11 Å². The van der Waals surface area contributed by atoms with Gasteiger partial charge in [-0.1, -0.05) is 18.2 Å². The van der Waals surface area contributed by atoms with Gasteiger partial charge in [-0.3, -0.25) is 9.89 Å². The molecular weight excluding hydrogens is 455 g/mol. The average molecular weight is 488 g/mol. The number of piperidine rings is 1. The maximum atomic E-state index is 10.4. The Labute approximate surface area is 180 Å². The molecule has 27 heavy (non-hydrogen) atoms. The lowest BCUT2D eigenvalue weighted by Crippen LogP contribution is -2.48. The monoisotopic (exact) mass is 488 g/mol. The van der Waals surface area contributed by atoms with E-state index in [9.17, 15) is 5.11 Å². The molecule has 0 amide bonds. The summed E-state index contributed by atoms with van der Waals surface area (Å²) >= 11 is 0. The van der Waals surface area contributed by atoms with Crippen molar-refractivity contribution in [2.75, 3.05) is 39.8 Å². The molecule has 1 aliphatic heterocycles. The second kappa shape index (κ2) is 13.0. The fourth-order valence-corrected chi connectivity index (χ4v) is 3.07. The minimum atomic E-state index is -0.634. The summed E-state index contributed by atoms with van der Waals surface area (Å²) in [5.74, 6) is 1.55. The third-order valence-corrected chi connectivity index (χ3v) is 4.58. The molecule has 1 fully saturated rings. The van der Waals surface area contributed by atoms with Gasteiger partial charge in [0.15, 0.2) is 5.96 Å². The normalized spacial score (nSPS) is 16.9. The first-order valence-corrected chi connectivity index (χ1v) is 9.36. The lowest BCUT2D eigenvalue weighted by Gasteiger charge is -2.32. The van der Waals surface area contributed by atoms with Crippen LogP contribution in [-0.2, 0) is 0 Å². The highest BCUT2D eigenvalue weighted by atomic mass is 127. The molecule has 0 spiro atoms. The molecule has 1 heterocycles. The Morgan fingerprint density at radius 2 is 2.04 bits per heavy atom. The maximum absolute atomic E-state index is 10.4. The summed E-state index contributed by atoms with van der Waals surface area (Å²) in [4.78, 5) is 6.97. The molecule has 0 saturated carbocycles. The van der Waals surface area contributed by atoms with E-state index in [4.69, 9.17) is 4.74 Å². The van der Waals surface area contributed by atoms with Crippen molar-refractivity contribution >= 4 is 29.9 Å². The molecular formula is C20H33IN4O2. The van der Waals surface area contributed by atoms with Crippen LogP contribution in [0.2, 0.25) is 0 Å². The predicted octanol–water partition coefficient (Wildman–Crippen LogP) is 2.55. The van der Waals surface area contributed by atoms with E-state index in [0.717, 1.165) is 56.3 Å². The second-order valence-electron chi connectivity index (χ2n) is 6.52. The fraction of sp³-hybridized carbons (Fsp3) is 0.550. The Morgan fingerprint density at radius 1 is 1.37 bits per heavy atom. The second-order valence-corrected chi connectivity index (χ2v) is 6.52. The van der Waals surface area contributed by atoms with Gasteiger partial charge in [-0.25, -0.2) is 0 Å². The molecule has 7 heteroatoms. The summed E-state index contributed by atoms with van der Waals surface area (Å²) < 4.78 is 5.15. The van der Waals surface area contributed by atoms with Crippen LogP contribution in [0.3, 0.4) is 0 Å². The Hall–Kier alpha value is -1.32. The number of hydrogen-bond donors (Lipinski definition) is 3. The van der Waals surface area contributed by atoms with Crippen molar-refractivity contribution in [2.45, 2.75) is 31.9 Å². The van der Waals surface area contributed by atoms with Crippen molar-refractivity contribution in [2.24, 2.45) is 4.99 Å². The standard InChI is InChI=1S/C20H32N4O2.HI/c1-4-12-24-13-10-17(11-14-24)23-20(21-5-2)22-15-19(25)16-6-8-18(26-3)9-7-16;/h4,6-9,17,19,25H,1,5,10-15H2,2-3H3,(H2,21,22,23);1H. The summed E-state index contributed by atoms with van der Waals surface area (Å²) in [5.41, 5.74) is 0.836. The Balaban J connectivity index is 0.00000364. The molecule has 3 N–H and O–H groups in total. The number of halogens is 1. The number of likely N-dealkylation sites (tertiary alicyclic amines) is 1. The van der Waals surface area contributed by atoms with Gasteiger partial charge >= 0.3 is 0 Å². The van der Waals surface area contributed by atoms with Crippen LogP contribution in [0.1, 0.15) is 31.4 Å². The zero-order chi connectivity index (χ0) is 18.8. The molecule has 1 saturated heterocycles. The minimum Gasteiger partial charge on any atom is -0.497 e. The van der Waals surface area contributed by atoms with Gasteiger partial charge in [-0.2, -0.15) is 0 Å². The highest BCUT2D eigenvalue weighted by Crippen LogP contribution is 2.17. The number of aliphatic hydroxyl groups is 1. The average Bonchev–Trinajstić information content (AvgIpc) is 2.68. The maximum Gasteiger partial charge on any atom is 0.191 e. The van der Waals surface area contributed by atoms with E-state index in [0.29, 0.717) is 12.6 Å². The van der Waals surface area contributed by atoms with E-state index < -0.39 is 6.10 Å². The fourth-order valence-electron chi connectivity index (χ4n) is 3.07. The van der Waals surface area contributed by atoms with E-state index in [1.807, 2.05) is 37.3 Å². The summed E-state index contributed by atoms with van der Waals surface area (Å²) in [6.45, 7) is 10.0. The number of benzene rings is 1. The van der Waals surface area contributed by atoms with Gasteiger partial charge in [-0.05, 0) is 37.5 Å². The van der Waals surface area contributed by atoms with Crippen LogP contribution in [0.4, 0.5) is 0 Å². The minimum absolute atomic E-state index is 0. The van der Waals surface area contributed by atoms with E-state index >= 15 is 0 Å². The van der Waals surface area contributed by atoms with E-state index in [-0.39, 0.29) is 24.0 Å². The molecule has 0 aliphatic carbocycles. The number of guanidine groups is 1. The largest absolute Gasteiger partial charge is 0.497 e. The third kappa shape index (κ3) is 8.06. The van der Waals surface area contributed by atoms with Crippen molar-refractivity contribution in [3.63, 3.8) is 0 Å². The van der Waals surface area contributed by atoms with Crippen molar-refractivity contribution in [1.29, 1.82) is 0 Å². The highest BCUT2D eigenvalue weighted by Gasteiger charge is 2.19. The molecule has 0 bridgehead atoms. The molecule has 1 unspecified atom stereocenters. The molecule has 1 atom stereocenters. The number of nitrogens with one attached hydrogen (secondary N) is 2. The van der Waals surface area contributed by atoms with Gasteiger partial charge in [0.25, 0.3) is 0 Å². The lowest BCUT2D eigenvalue weighted by atomic mass is 10.1. The SMILES string of the molecule is C=CCN1CCC(NC(=NCC(O)c2ccc(OC)cc2)NCC)CC1.I. The van der Waals surface area contributed by atoms with Gasteiger partial charge in [0.1, 0.15) is 5.75 Å². The number of ether oxygens (including phenoxy) is 1. The van der Waals surface area contributed by atoms with Gasteiger partial charge in [0, 0.05) is 32.2 Å². The highest BCUT2D eigenvalue weighted by molar-refractivity contribution is 14.0. The van der Waals surface area contributed by atoms with Crippen LogP contribution in [-0.4, -0.2) is 61.8 Å². The Kier molecular flexibility index (Phi) is 11.4. The zero-order valence-electron chi connectivity index (χ0n) is 16.4. The summed E-state index contributed by atoms with van der Waals surface area (Å²) in [6.07, 6.45) is 3.49. The first-order chi connectivity index (χ1) is 12.7. The summed E-state index contributed by atoms with van der Waals surface area (Å²) in [6, 6.07) is 7.85. The zero-order valence-corrected chi connectivity index (χ0v) is 18.7. The van der Waals surface area contributed by atoms with Crippen molar-refractivity contribution in [3.8, 4) is 5.75 Å². The first kappa shape index (κ1) is 23.7. The quantitative estimate of drug-likeness (QED) is 0.227. The van der Waals surface area contributed by atoms with Crippen LogP contribution >= 0.6 is 24.0 Å². The van der Waals surface area contributed by atoms with Crippen LogP contribution in [0.25, 0.3) is 0 Å². The first-order valence-electron chi connectivity index (χ1n) is 9.36. The summed E-state index contributed by atoms with van der Waals surface area (Å²) in [7, 11) is 1.63. The third-order valence-electron chi connectivity index (χ3n) is 4.58. The number of methoxy groups -OCH3 is 1. The summed E-state index contributed by atoms with van der Waals surface area (Å²) in [5, 5.41) is 17.2. The molecule has 0 aromatic heterocycles. The van der Waals surface area contributed by atoms with Crippen molar-refractivity contribution in [1.82, 2.24) is 15.5 Å². The van der Waals surface area contributed by atoms with Gasteiger partial charge in [0.05, 0.1) is 19.8 Å². The van der Waals surface area contributed by atoms with Gasteiger partial charge in [-0.15, -0.1) is 30.6 Å². The van der Waals surface area contributed by atoms with Crippen LogP contribution in [0.5, 0.6) is 5.75 Å². The molecule has 1 aromatic carbocycles. The van der Waals surface area contributed by atoms with Crippen LogP contribution in [0, 0.1) is 0 Å². The van der Waals surface area contributed by atoms with Gasteiger partial charge < -0.3 is 20.5 Å². The van der Waals surface area contributed by atoms with Crippen molar-refractivity contribution in [3.05, 3.63) is 42.5 Å². The number of rotatable bonds is 8. The molecule has 152 valence electrons. The number of nitrogens with zero attached hydrogens (tertiary/aromatic N) is 2. The van der Waals surface area contributed by atoms with Gasteiger partial charge in [0.2, 0.25) is 0 Å². The predicted molar refractivity (Wildman–Crippen MR) is 122 cm³/mol. The Morgan fingerprint density at radius 3 is 2.59 bits per heavy atom. The van der Waals surface area contributed by atoms with Crippen molar-refractivity contribution < 1.29 is 9.84 Å². The van der Waals surface area contributed by atoms with Crippen LogP contribution in [0.15, 0.2) is 41.9 Å². The van der Waals surface area contributed by atoms with Crippen LogP contribution < -0.4 is 15.4 Å². The topological polar surface area (TPSA) is 69.1 Å². The molecule has 6 nitrogen and oxygen atoms in total. The number of hydrogen-bond acceptors (Lipinski definition) is 4. The number of aliphatic hydroxyl groups excluding tert-OH is 1.